The van der Waals surface area contributed by atoms with E-state index in [9.17, 15) is 23.4 Å². The number of aliphatic hydroxyl groups excluding tert-OH is 1. The smallest absolute Gasteiger partial charge is 0.222 e. The van der Waals surface area contributed by atoms with Crippen LogP contribution >= 0.6 is 0 Å². The Morgan fingerprint density at radius 2 is 1.84 bits per heavy atom. The van der Waals surface area contributed by atoms with Gasteiger partial charge < -0.3 is 25.6 Å². The molecule has 3 aromatic heterocycles. The van der Waals surface area contributed by atoms with Gasteiger partial charge in [0.25, 0.3) is 0 Å². The van der Waals surface area contributed by atoms with Gasteiger partial charge in [-0.1, -0.05) is 6.07 Å². The van der Waals surface area contributed by atoms with Gasteiger partial charge in [0.1, 0.15) is 23.5 Å². The Labute approximate surface area is 214 Å². The summed E-state index contributed by atoms with van der Waals surface area (Å²) in [5.41, 5.74) is 1.08. The fourth-order valence-corrected chi connectivity index (χ4v) is 4.29. The lowest BCUT2D eigenvalue weighted by Gasteiger charge is -2.31. The predicted molar refractivity (Wildman–Crippen MR) is 137 cm³/mol. The lowest BCUT2D eigenvalue weighted by molar-refractivity contribution is -0.114. The van der Waals surface area contributed by atoms with Crippen LogP contribution in [0.5, 0.6) is 5.75 Å². The molecule has 0 unspecified atom stereocenters. The third-order valence-electron chi connectivity index (χ3n) is 5.74. The van der Waals surface area contributed by atoms with Gasteiger partial charge in [-0.25, -0.2) is 18.4 Å². The molecule has 0 bridgehead atoms. The number of carbonyl (C=O) groups is 1. The van der Waals surface area contributed by atoms with Crippen molar-refractivity contribution in [2.75, 3.05) is 16.9 Å². The number of aromatic nitrogens is 3. The van der Waals surface area contributed by atoms with Crippen LogP contribution in [0.1, 0.15) is 39.2 Å². The number of pyridine rings is 3. The lowest BCUT2D eigenvalue weighted by Crippen LogP contribution is -2.37. The van der Waals surface area contributed by atoms with Gasteiger partial charge in [0.05, 0.1) is 23.1 Å². The summed E-state index contributed by atoms with van der Waals surface area (Å²) >= 11 is 0. The maximum Gasteiger partial charge on any atom is 0.222 e. The highest BCUT2D eigenvalue weighted by Gasteiger charge is 2.29. The van der Waals surface area contributed by atoms with Gasteiger partial charge in [0, 0.05) is 67.7 Å². The van der Waals surface area contributed by atoms with Crippen molar-refractivity contribution in [3.63, 3.8) is 0 Å². The van der Waals surface area contributed by atoms with Gasteiger partial charge in [-0.3, -0.25) is 9.78 Å². The van der Waals surface area contributed by atoms with E-state index in [1.165, 1.54) is 19.2 Å². The SMILES string of the molecule is CC(=O)Nc1cc(Nc2cc(O[C@H]3C[C@@H](O)C3)cc(S(C)(=O)=O)n2)c(-c2ccc(C(C)(C)O)cn2)cn1. The Morgan fingerprint density at radius 3 is 2.41 bits per heavy atom. The van der Waals surface area contributed by atoms with Gasteiger partial charge in [-0.05, 0) is 19.9 Å². The number of aliphatic hydroxyl groups is 2. The summed E-state index contributed by atoms with van der Waals surface area (Å²) in [7, 11) is -3.67. The predicted octanol–water partition coefficient (Wildman–Crippen LogP) is 2.77. The molecule has 1 aliphatic carbocycles. The summed E-state index contributed by atoms with van der Waals surface area (Å²) in [6, 6.07) is 7.96. The highest BCUT2D eigenvalue weighted by molar-refractivity contribution is 7.90. The van der Waals surface area contributed by atoms with Crippen LogP contribution in [0, 0.1) is 0 Å². The zero-order valence-electron chi connectivity index (χ0n) is 20.9. The van der Waals surface area contributed by atoms with E-state index in [1.807, 2.05) is 0 Å². The summed E-state index contributed by atoms with van der Waals surface area (Å²) in [6.07, 6.45) is 4.40. The number of hydrogen-bond donors (Lipinski definition) is 4. The number of carbonyl (C=O) groups excluding carboxylic acids is 1. The molecule has 1 saturated carbocycles. The average Bonchev–Trinajstić information content (AvgIpc) is 2.77. The van der Waals surface area contributed by atoms with Crippen molar-refractivity contribution >= 4 is 33.1 Å². The maximum atomic E-state index is 12.3. The Kier molecular flexibility index (Phi) is 7.18. The van der Waals surface area contributed by atoms with Crippen molar-refractivity contribution in [3.8, 4) is 17.0 Å². The van der Waals surface area contributed by atoms with Gasteiger partial charge in [-0.2, -0.15) is 0 Å². The summed E-state index contributed by atoms with van der Waals surface area (Å²) in [6.45, 7) is 4.67. The second kappa shape index (κ2) is 10.0. The minimum absolute atomic E-state index is 0.183. The summed E-state index contributed by atoms with van der Waals surface area (Å²) in [4.78, 5) is 24.6. The Morgan fingerprint density at radius 1 is 1.11 bits per heavy atom. The second-order valence-electron chi connectivity index (χ2n) is 9.58. The zero-order valence-corrected chi connectivity index (χ0v) is 21.7. The molecule has 196 valence electrons. The van der Waals surface area contributed by atoms with Gasteiger partial charge in [0.15, 0.2) is 14.9 Å². The van der Waals surface area contributed by atoms with Crippen molar-refractivity contribution in [2.45, 2.75) is 56.4 Å². The van der Waals surface area contributed by atoms with Crippen LogP contribution < -0.4 is 15.4 Å². The number of amides is 1. The molecule has 3 aromatic rings. The third kappa shape index (κ3) is 6.59. The van der Waals surface area contributed by atoms with Gasteiger partial charge in [0.2, 0.25) is 5.91 Å². The molecule has 0 saturated heterocycles. The number of sulfone groups is 1. The molecule has 4 N–H and O–H groups in total. The van der Waals surface area contributed by atoms with Crippen LogP contribution in [0.25, 0.3) is 11.3 Å². The molecule has 3 heterocycles. The van der Waals surface area contributed by atoms with Crippen molar-refractivity contribution in [3.05, 3.63) is 48.3 Å². The van der Waals surface area contributed by atoms with Crippen molar-refractivity contribution in [2.24, 2.45) is 0 Å². The Bertz CT molecular complexity index is 1410. The summed E-state index contributed by atoms with van der Waals surface area (Å²) in [5.74, 6) is 0.438. The molecular weight excluding hydrogens is 498 g/mol. The standard InChI is InChI=1S/C25H29N5O6S/c1-14(31)28-22-11-21(19(13-27-22)20-6-5-15(12-26-20)25(2,3)33)29-23-9-18(36-17-7-16(32)8-17)10-24(30-23)37(4,34)35/h5-6,9-13,16-17,32-33H,7-8H2,1-4H3,(H2,27,28,29,30,31)/t16-,17+. The van der Waals surface area contributed by atoms with Crippen LogP contribution in [-0.2, 0) is 20.2 Å². The third-order valence-corrected chi connectivity index (χ3v) is 6.71. The molecule has 1 aliphatic rings. The Balaban J connectivity index is 1.74. The maximum absolute atomic E-state index is 12.3. The first-order chi connectivity index (χ1) is 17.3. The van der Waals surface area contributed by atoms with Crippen LogP contribution in [0.4, 0.5) is 17.3 Å². The number of anilines is 3. The van der Waals surface area contributed by atoms with E-state index in [-0.39, 0.29) is 28.7 Å². The van der Waals surface area contributed by atoms with Gasteiger partial charge >= 0.3 is 0 Å². The average molecular weight is 528 g/mol. The first-order valence-corrected chi connectivity index (χ1v) is 13.5. The number of ether oxygens (including phenoxy) is 1. The molecule has 0 aliphatic heterocycles. The fourth-order valence-electron chi connectivity index (χ4n) is 3.69. The second-order valence-corrected chi connectivity index (χ2v) is 11.5. The van der Waals surface area contributed by atoms with E-state index in [4.69, 9.17) is 4.74 Å². The Hall–Kier alpha value is -3.61. The van der Waals surface area contributed by atoms with E-state index >= 15 is 0 Å². The highest BCUT2D eigenvalue weighted by Crippen LogP contribution is 2.34. The van der Waals surface area contributed by atoms with E-state index in [0.29, 0.717) is 41.1 Å². The number of rotatable bonds is 8. The monoisotopic (exact) mass is 527 g/mol. The van der Waals surface area contributed by atoms with Crippen LogP contribution in [0.3, 0.4) is 0 Å². The molecule has 0 radical (unpaired) electrons. The van der Waals surface area contributed by atoms with E-state index in [2.05, 4.69) is 25.6 Å². The fraction of sp³-hybridized carbons (Fsp3) is 0.360. The quantitative estimate of drug-likeness (QED) is 0.342. The molecular formula is C25H29N5O6S. The first-order valence-electron chi connectivity index (χ1n) is 11.6. The lowest BCUT2D eigenvalue weighted by atomic mass is 9.92. The van der Waals surface area contributed by atoms with Crippen molar-refractivity contribution < 1.29 is 28.2 Å². The normalized spacial score (nSPS) is 17.6. The zero-order chi connectivity index (χ0) is 27.0. The molecule has 12 heteroatoms. The molecule has 11 nitrogen and oxygen atoms in total. The molecule has 0 atom stereocenters. The van der Waals surface area contributed by atoms with Crippen LogP contribution in [0.15, 0.2) is 47.8 Å². The summed E-state index contributed by atoms with van der Waals surface area (Å²) < 4.78 is 30.5. The molecule has 0 aromatic carbocycles. The van der Waals surface area contributed by atoms with Gasteiger partial charge in [-0.15, -0.1) is 0 Å². The van der Waals surface area contributed by atoms with Crippen molar-refractivity contribution in [1.29, 1.82) is 0 Å². The highest BCUT2D eigenvalue weighted by atomic mass is 32.2. The van der Waals surface area contributed by atoms with E-state index in [0.717, 1.165) is 6.26 Å². The molecule has 37 heavy (non-hydrogen) atoms. The van der Waals surface area contributed by atoms with Crippen molar-refractivity contribution in [1.82, 2.24) is 15.0 Å². The number of nitrogens with zero attached hydrogens (tertiary/aromatic N) is 3. The molecule has 1 amide bonds. The molecule has 1 fully saturated rings. The van der Waals surface area contributed by atoms with E-state index < -0.39 is 21.5 Å². The van der Waals surface area contributed by atoms with E-state index in [1.54, 1.807) is 44.3 Å². The largest absolute Gasteiger partial charge is 0.490 e. The number of hydrogen-bond acceptors (Lipinski definition) is 10. The first kappa shape index (κ1) is 26.5. The van der Waals surface area contributed by atoms with Crippen LogP contribution in [0.2, 0.25) is 0 Å². The summed E-state index contributed by atoms with van der Waals surface area (Å²) in [5, 5.41) is 25.4. The minimum atomic E-state index is -3.67. The van der Waals surface area contributed by atoms with Crippen LogP contribution in [-0.4, -0.2) is 58.0 Å². The molecule has 0 spiro atoms. The minimum Gasteiger partial charge on any atom is -0.490 e. The molecule has 4 rings (SSSR count). The number of nitrogens with one attached hydrogen (secondary N) is 2. The topological polar surface area (TPSA) is 164 Å².